The van der Waals surface area contributed by atoms with E-state index in [9.17, 15) is 14.6 Å². The van der Waals surface area contributed by atoms with Crippen LogP contribution in [0.15, 0.2) is 31.0 Å². The van der Waals surface area contributed by atoms with Crippen molar-refractivity contribution >= 4 is 67.1 Å². The predicted molar refractivity (Wildman–Crippen MR) is 181 cm³/mol. The van der Waals surface area contributed by atoms with Crippen molar-refractivity contribution in [2.75, 3.05) is 36.9 Å². The zero-order valence-corrected chi connectivity index (χ0v) is 29.0. The summed E-state index contributed by atoms with van der Waals surface area (Å²) in [7, 11) is 1.55. The van der Waals surface area contributed by atoms with Gasteiger partial charge in [0.1, 0.15) is 54.0 Å². The fourth-order valence-corrected chi connectivity index (χ4v) is 10.0. The van der Waals surface area contributed by atoms with E-state index in [1.54, 1.807) is 21.5 Å². The van der Waals surface area contributed by atoms with Crippen molar-refractivity contribution in [2.45, 2.75) is 74.8 Å². The summed E-state index contributed by atoms with van der Waals surface area (Å²) in [5.41, 5.74) is 3.81. The number of pyridine rings is 1. The normalized spacial score (nSPS) is 37.5. The number of aromatic nitrogens is 5. The molecule has 0 aliphatic carbocycles. The van der Waals surface area contributed by atoms with Gasteiger partial charge in [0.25, 0.3) is 7.47 Å². The molecule has 0 spiro atoms. The molecule has 21 heteroatoms. The molecule has 4 aromatic heterocycles. The Morgan fingerprint density at radius 1 is 0.920 bits per heavy atom. The van der Waals surface area contributed by atoms with Gasteiger partial charge in [-0.15, -0.1) is 0 Å². The number of nitrogens with zero attached hydrogens (tertiary/aromatic N) is 5. The largest absolute Gasteiger partial charge is 0.386 e. The van der Waals surface area contributed by atoms with E-state index in [2.05, 4.69) is 25.6 Å². The minimum absolute atomic E-state index is 0.493. The van der Waals surface area contributed by atoms with Gasteiger partial charge in [0, 0.05) is 42.8 Å². The molecule has 264 valence electrons. The average Bonchev–Trinajstić information content (AvgIpc) is 3.71. The Balaban J connectivity index is 1.00. The molecule has 0 aromatic carbocycles. The molecule has 9 rings (SSSR count). The second kappa shape index (κ2) is 12.6. The van der Waals surface area contributed by atoms with Gasteiger partial charge >= 0.3 is 6.72 Å². The number of nitrogens with one attached hydrogen (secondary N) is 2. The number of aryl methyl sites for hydroxylation is 2. The third-order valence-electron chi connectivity index (χ3n) is 9.80. The second-order valence-corrected chi connectivity index (χ2v) is 17.3. The molecule has 4 N–H and O–H groups in total. The molecule has 4 aromatic rings. The fourth-order valence-electron chi connectivity index (χ4n) is 7.57. The molecule has 2 radical (unpaired) electrons. The van der Waals surface area contributed by atoms with Crippen LogP contribution in [-0.2, 0) is 56.8 Å². The first-order valence-electron chi connectivity index (χ1n) is 16.4. The molecule has 10 atom stereocenters. The van der Waals surface area contributed by atoms with E-state index in [0.29, 0.717) is 17.1 Å². The highest BCUT2D eigenvalue weighted by Crippen LogP contribution is 2.54. The minimum atomic E-state index is -4.49. The van der Waals surface area contributed by atoms with Crippen LogP contribution in [0.4, 0.5) is 15.9 Å². The molecular weight excluding hydrogens is 714 g/mol. The number of rotatable bonds is 2. The Bertz CT molecular complexity index is 1930. The van der Waals surface area contributed by atoms with Crippen molar-refractivity contribution in [1.82, 2.24) is 24.1 Å². The van der Waals surface area contributed by atoms with Crippen molar-refractivity contribution in [3.05, 3.63) is 42.1 Å². The monoisotopic (exact) mass is 747 g/mol. The van der Waals surface area contributed by atoms with Gasteiger partial charge in [-0.3, -0.25) is 9.09 Å². The van der Waals surface area contributed by atoms with Crippen LogP contribution in [0.25, 0.3) is 22.1 Å². The Labute approximate surface area is 291 Å². The van der Waals surface area contributed by atoms with E-state index in [4.69, 9.17) is 46.9 Å². The zero-order chi connectivity index (χ0) is 34.4. The number of aliphatic hydroxyl groups is 1. The summed E-state index contributed by atoms with van der Waals surface area (Å²) in [6, 6.07) is 1.86. The van der Waals surface area contributed by atoms with E-state index in [-0.39, 0.29) is 0 Å². The SMILES string of the molecule is [B]P1(=O)OC[C@H]2O[C@@H](n3cc4c5c(ncnc53)NCCC4)C(O)[C@H]2OP(O)(=S)OC[C@H]2O[C@@H](n3cc4c5c(ccnc53)NCCC4)[C@@H](F)C2O1. The highest BCUT2D eigenvalue weighted by Gasteiger charge is 2.53. The van der Waals surface area contributed by atoms with Crippen LogP contribution >= 0.6 is 14.2 Å². The zero-order valence-electron chi connectivity index (χ0n) is 26.4. The minimum Gasteiger partial charge on any atom is -0.386 e. The summed E-state index contributed by atoms with van der Waals surface area (Å²) in [6.45, 7) is -3.65. The number of anilines is 2. The summed E-state index contributed by atoms with van der Waals surface area (Å²) in [4.78, 5) is 24.5. The Morgan fingerprint density at radius 2 is 1.60 bits per heavy atom. The van der Waals surface area contributed by atoms with Crippen LogP contribution in [0.5, 0.6) is 0 Å². The van der Waals surface area contributed by atoms with Crippen LogP contribution in [0.1, 0.15) is 36.4 Å². The number of fused-ring (bicyclic) bond motifs is 2. The maximum Gasteiger partial charge on any atom is 0.325 e. The highest BCUT2D eigenvalue weighted by atomic mass is 32.5. The molecule has 0 saturated carbocycles. The topological polar surface area (TPSA) is 186 Å². The summed E-state index contributed by atoms with van der Waals surface area (Å²) >= 11 is 5.36. The Hall–Kier alpha value is -2.54. The fraction of sp³-hybridized carbons (Fsp3) is 0.552. The molecular formula is C29H33BFN7O9P2S. The molecule has 16 nitrogen and oxygen atoms in total. The lowest BCUT2D eigenvalue weighted by molar-refractivity contribution is -0.0570. The van der Waals surface area contributed by atoms with Gasteiger partial charge in [0.05, 0.1) is 18.6 Å². The van der Waals surface area contributed by atoms with Crippen LogP contribution in [0, 0.1) is 0 Å². The van der Waals surface area contributed by atoms with Crippen LogP contribution < -0.4 is 10.6 Å². The van der Waals surface area contributed by atoms with E-state index in [1.165, 1.54) is 6.33 Å². The molecule has 0 amide bonds. The number of ether oxygens (including phenoxy) is 2. The predicted octanol–water partition coefficient (Wildman–Crippen LogP) is 3.00. The quantitative estimate of drug-likeness (QED) is 0.173. The lowest BCUT2D eigenvalue weighted by atomic mass is 10.1. The van der Waals surface area contributed by atoms with E-state index in [1.807, 2.05) is 12.3 Å². The molecule has 5 aliphatic rings. The van der Waals surface area contributed by atoms with Crippen LogP contribution in [-0.4, -0.2) is 105 Å². The summed E-state index contributed by atoms with van der Waals surface area (Å²) < 4.78 is 68.4. The smallest absolute Gasteiger partial charge is 0.325 e. The lowest BCUT2D eigenvalue weighted by Crippen LogP contribution is -2.38. The second-order valence-electron chi connectivity index (χ2n) is 13.0. The number of aliphatic hydroxyl groups excluding tert-OH is 1. The van der Waals surface area contributed by atoms with Crippen molar-refractivity contribution in [3.8, 4) is 0 Å². The number of halogens is 1. The number of alkyl halides is 1. The Kier molecular flexibility index (Phi) is 8.36. The standard InChI is InChI=1S/C29H33BFN7O9P2S/c30-48(40)42-11-18-24(22(39)29(45-18)38-10-15-4-2-7-33-25-20(15)27(38)36-13-35-25)47-49(41,50)43-12-17-23(46-48)21(31)28(44-17)37-9-14-3-1-6-32-16-5-8-34-26(37)19(14)16/h5,8-10,13,17-18,21-24,28-29,32,39H,1-4,6-7,11-12H2,(H,41,50)(H,33,35,36)/t17-,18-,21+,22?,23?,24+,28-,29-,48?,49?/m1/s1. The number of hydrogen-bond donors (Lipinski definition) is 4. The lowest BCUT2D eigenvalue weighted by Gasteiger charge is -2.30. The molecule has 3 fully saturated rings. The first-order chi connectivity index (χ1) is 24.1. The summed E-state index contributed by atoms with van der Waals surface area (Å²) in [5, 5.41) is 19.9. The van der Waals surface area contributed by atoms with Gasteiger partial charge in [-0.05, 0) is 54.7 Å². The number of hydrogen-bond acceptors (Lipinski definition) is 14. The summed E-state index contributed by atoms with van der Waals surface area (Å²) in [5.74, 6) is 0.666. The van der Waals surface area contributed by atoms with Gasteiger partial charge < -0.3 is 52.8 Å². The van der Waals surface area contributed by atoms with Gasteiger partial charge in [0.2, 0.25) is 7.57 Å². The van der Waals surface area contributed by atoms with Crippen molar-refractivity contribution in [1.29, 1.82) is 0 Å². The maximum absolute atomic E-state index is 16.4. The maximum atomic E-state index is 16.4. The molecule has 9 heterocycles. The van der Waals surface area contributed by atoms with Crippen molar-refractivity contribution in [2.24, 2.45) is 0 Å². The average molecular weight is 747 g/mol. The first kappa shape index (κ1) is 33.3. The van der Waals surface area contributed by atoms with Crippen LogP contribution in [0.3, 0.4) is 0 Å². The third kappa shape index (κ3) is 5.71. The van der Waals surface area contributed by atoms with Crippen molar-refractivity contribution in [3.63, 3.8) is 0 Å². The van der Waals surface area contributed by atoms with Crippen LogP contribution in [0.2, 0.25) is 0 Å². The van der Waals surface area contributed by atoms with Gasteiger partial charge in [0.15, 0.2) is 18.6 Å². The van der Waals surface area contributed by atoms with E-state index in [0.717, 1.165) is 66.4 Å². The van der Waals surface area contributed by atoms with E-state index >= 15 is 4.39 Å². The third-order valence-corrected chi connectivity index (χ3v) is 12.4. The van der Waals surface area contributed by atoms with E-state index < -0.39 is 76.6 Å². The summed E-state index contributed by atoms with van der Waals surface area (Å²) in [6.07, 6.45) is -1.13. The van der Waals surface area contributed by atoms with Gasteiger partial charge in [-0.2, -0.15) is 0 Å². The molecule has 5 aliphatic heterocycles. The molecule has 0 bridgehead atoms. The van der Waals surface area contributed by atoms with Gasteiger partial charge in [-0.1, -0.05) is 0 Å². The van der Waals surface area contributed by atoms with Crippen molar-refractivity contribution < 1.29 is 46.5 Å². The first-order valence-corrected chi connectivity index (χ1v) is 20.6. The molecule has 3 saturated heterocycles. The van der Waals surface area contributed by atoms with Gasteiger partial charge in [-0.25, -0.2) is 19.3 Å². The highest BCUT2D eigenvalue weighted by molar-refractivity contribution is 8.07. The Morgan fingerprint density at radius 3 is 2.42 bits per heavy atom. The molecule has 4 unspecified atom stereocenters. The molecule has 50 heavy (non-hydrogen) atoms.